The van der Waals surface area contributed by atoms with E-state index in [4.69, 9.17) is 4.74 Å². The van der Waals surface area contributed by atoms with Gasteiger partial charge in [-0.3, -0.25) is 14.8 Å². The molecular weight excluding hydrogens is 484 g/mol. The quantitative estimate of drug-likeness (QED) is 0.360. The summed E-state index contributed by atoms with van der Waals surface area (Å²) in [4.78, 5) is 41.6. The third-order valence-electron chi connectivity index (χ3n) is 5.01. The number of para-hydroxylation sites is 1. The second kappa shape index (κ2) is 10.0. The number of ether oxygens (including phenoxy) is 1. The molecule has 4 aromatic rings. The fourth-order valence-electron chi connectivity index (χ4n) is 3.35. The summed E-state index contributed by atoms with van der Waals surface area (Å²) in [7, 11) is -3.94. The zero-order chi connectivity index (χ0) is 25.9. The van der Waals surface area contributed by atoms with Crippen LogP contribution in [0.2, 0.25) is 0 Å². The highest BCUT2D eigenvalue weighted by atomic mass is 32.2. The number of rotatable bonds is 7. The van der Waals surface area contributed by atoms with E-state index < -0.39 is 28.0 Å². The Labute approximate surface area is 207 Å². The fourth-order valence-corrected chi connectivity index (χ4v) is 4.29. The predicted octanol–water partition coefficient (Wildman–Crippen LogP) is 3.02. The van der Waals surface area contributed by atoms with E-state index in [1.54, 1.807) is 38.1 Å². The van der Waals surface area contributed by atoms with E-state index in [-0.39, 0.29) is 16.4 Å². The number of esters is 1. The normalized spacial score (nSPS) is 12.1. The lowest BCUT2D eigenvalue weighted by Gasteiger charge is -2.14. The zero-order valence-corrected chi connectivity index (χ0v) is 20.4. The van der Waals surface area contributed by atoms with Gasteiger partial charge in [0, 0.05) is 29.5 Å². The van der Waals surface area contributed by atoms with Gasteiger partial charge in [0.1, 0.15) is 5.52 Å². The number of benzene rings is 2. The van der Waals surface area contributed by atoms with Crippen LogP contribution in [0.5, 0.6) is 0 Å². The van der Waals surface area contributed by atoms with Crippen LogP contribution in [0.25, 0.3) is 11.0 Å². The molecule has 0 spiro atoms. The Morgan fingerprint density at radius 2 is 1.61 bits per heavy atom. The van der Waals surface area contributed by atoms with Crippen LogP contribution >= 0.6 is 0 Å². The predicted molar refractivity (Wildman–Crippen MR) is 132 cm³/mol. The number of nitrogens with one attached hydrogen (secondary N) is 2. The van der Waals surface area contributed by atoms with Gasteiger partial charge in [-0.1, -0.05) is 6.07 Å². The third kappa shape index (κ3) is 5.61. The van der Waals surface area contributed by atoms with Gasteiger partial charge in [0.2, 0.25) is 5.95 Å². The minimum Gasteiger partial charge on any atom is -0.449 e. The lowest BCUT2D eigenvalue weighted by molar-refractivity contribution is -0.123. The average molecular weight is 507 g/mol. The van der Waals surface area contributed by atoms with Gasteiger partial charge >= 0.3 is 5.97 Å². The highest BCUT2D eigenvalue weighted by Crippen LogP contribution is 2.19. The molecule has 184 valence electrons. The maximum Gasteiger partial charge on any atom is 0.341 e. The number of carbonyl (C=O) groups is 2. The molecule has 1 atom stereocenters. The molecule has 2 aromatic heterocycles. The van der Waals surface area contributed by atoms with Gasteiger partial charge in [0.25, 0.3) is 15.9 Å². The van der Waals surface area contributed by atoms with E-state index in [0.29, 0.717) is 28.1 Å². The molecule has 36 heavy (non-hydrogen) atoms. The fraction of sp³-hybridized carbons (Fsp3) is 0.167. The number of amides is 1. The van der Waals surface area contributed by atoms with Gasteiger partial charge in [-0.05, 0) is 63.2 Å². The standard InChI is InChI=1S/C24H22N6O5S/c1-14-13-15(2)28-24(27-14)30-36(33,34)18-9-7-17(8-10-18)29-22(31)16(3)35-23(32)19-5-4-6-20-21(19)26-12-11-25-20/h4-13,16H,1-3H3,(H,29,31)(H,27,28,30). The second-order valence-electron chi connectivity index (χ2n) is 7.87. The molecule has 0 saturated heterocycles. The zero-order valence-electron chi connectivity index (χ0n) is 19.6. The SMILES string of the molecule is Cc1cc(C)nc(NS(=O)(=O)c2ccc(NC(=O)C(C)OC(=O)c3cccc4nccnc34)cc2)n1. The van der Waals surface area contributed by atoms with E-state index in [9.17, 15) is 18.0 Å². The number of nitrogens with zero attached hydrogens (tertiary/aromatic N) is 4. The topological polar surface area (TPSA) is 153 Å². The van der Waals surface area contributed by atoms with Gasteiger partial charge in [-0.2, -0.15) is 0 Å². The van der Waals surface area contributed by atoms with Crippen molar-refractivity contribution in [2.75, 3.05) is 10.0 Å². The summed E-state index contributed by atoms with van der Waals surface area (Å²) in [5.41, 5.74) is 2.66. The highest BCUT2D eigenvalue weighted by Gasteiger charge is 2.22. The van der Waals surface area contributed by atoms with Gasteiger partial charge < -0.3 is 10.1 Å². The van der Waals surface area contributed by atoms with Gasteiger partial charge in [-0.25, -0.2) is 27.9 Å². The molecule has 11 nitrogen and oxygen atoms in total. The third-order valence-corrected chi connectivity index (χ3v) is 6.36. The van der Waals surface area contributed by atoms with E-state index in [1.807, 2.05) is 0 Å². The molecule has 2 N–H and O–H groups in total. The molecular formula is C24H22N6O5S. The number of fused-ring (bicyclic) bond motifs is 1. The lowest BCUT2D eigenvalue weighted by atomic mass is 10.2. The maximum atomic E-state index is 12.7. The first-order chi connectivity index (χ1) is 17.1. The molecule has 0 bridgehead atoms. The van der Waals surface area contributed by atoms with Crippen LogP contribution in [0.4, 0.5) is 11.6 Å². The molecule has 2 aromatic carbocycles. The van der Waals surface area contributed by atoms with E-state index in [0.717, 1.165) is 0 Å². The molecule has 1 amide bonds. The Kier molecular flexibility index (Phi) is 6.88. The molecule has 12 heteroatoms. The molecule has 0 fully saturated rings. The summed E-state index contributed by atoms with van der Waals surface area (Å²) in [6, 6.07) is 12.1. The Morgan fingerprint density at radius 3 is 2.31 bits per heavy atom. The van der Waals surface area contributed by atoms with Crippen molar-refractivity contribution in [3.8, 4) is 0 Å². The lowest BCUT2D eigenvalue weighted by Crippen LogP contribution is -2.30. The monoisotopic (exact) mass is 506 g/mol. The van der Waals surface area contributed by atoms with Crippen LogP contribution in [0.1, 0.15) is 28.7 Å². The van der Waals surface area contributed by atoms with Gasteiger partial charge in [0.05, 0.1) is 16.0 Å². The first-order valence-corrected chi connectivity index (χ1v) is 12.3. The van der Waals surface area contributed by atoms with Crippen molar-refractivity contribution in [3.63, 3.8) is 0 Å². The average Bonchev–Trinajstić information content (AvgIpc) is 2.83. The Morgan fingerprint density at radius 1 is 0.944 bits per heavy atom. The summed E-state index contributed by atoms with van der Waals surface area (Å²) in [6.07, 6.45) is 1.84. The Bertz CT molecular complexity index is 1530. The van der Waals surface area contributed by atoms with Crippen LogP contribution in [0.15, 0.2) is 65.8 Å². The van der Waals surface area contributed by atoms with Gasteiger partial charge in [0.15, 0.2) is 6.10 Å². The Balaban J connectivity index is 1.40. The van der Waals surface area contributed by atoms with E-state index in [2.05, 4.69) is 30.0 Å². The largest absolute Gasteiger partial charge is 0.449 e. The van der Waals surface area contributed by atoms with Crippen LogP contribution < -0.4 is 10.0 Å². The summed E-state index contributed by atoms with van der Waals surface area (Å²) in [6.45, 7) is 4.90. The highest BCUT2D eigenvalue weighted by molar-refractivity contribution is 7.92. The smallest absolute Gasteiger partial charge is 0.341 e. The maximum absolute atomic E-state index is 12.7. The first kappa shape index (κ1) is 24.7. The van der Waals surface area contributed by atoms with Crippen molar-refractivity contribution in [3.05, 3.63) is 77.9 Å². The van der Waals surface area contributed by atoms with Crippen molar-refractivity contribution in [2.45, 2.75) is 31.8 Å². The summed E-state index contributed by atoms with van der Waals surface area (Å²) in [5, 5.41) is 2.59. The first-order valence-electron chi connectivity index (χ1n) is 10.8. The van der Waals surface area contributed by atoms with E-state index in [1.165, 1.54) is 43.6 Å². The minimum absolute atomic E-state index is 0.0299. The molecule has 2 heterocycles. The molecule has 0 saturated carbocycles. The number of aryl methyl sites for hydroxylation is 2. The summed E-state index contributed by atoms with van der Waals surface area (Å²) >= 11 is 0. The number of carbonyl (C=O) groups excluding carboxylic acids is 2. The number of hydrogen-bond acceptors (Lipinski definition) is 9. The van der Waals surface area contributed by atoms with Crippen LogP contribution in [-0.2, 0) is 19.6 Å². The number of hydrogen-bond donors (Lipinski definition) is 2. The summed E-state index contributed by atoms with van der Waals surface area (Å²) in [5.74, 6) is -1.34. The van der Waals surface area contributed by atoms with Gasteiger partial charge in [-0.15, -0.1) is 0 Å². The minimum atomic E-state index is -3.94. The number of anilines is 2. The number of aromatic nitrogens is 4. The molecule has 0 aliphatic heterocycles. The number of sulfonamides is 1. The van der Waals surface area contributed by atoms with Crippen LogP contribution in [0.3, 0.4) is 0 Å². The summed E-state index contributed by atoms with van der Waals surface area (Å²) < 4.78 is 33.0. The van der Waals surface area contributed by atoms with Crippen molar-refractivity contribution in [2.24, 2.45) is 0 Å². The molecule has 0 aliphatic rings. The van der Waals surface area contributed by atoms with Crippen LogP contribution in [0, 0.1) is 13.8 Å². The molecule has 1 unspecified atom stereocenters. The van der Waals surface area contributed by atoms with Crippen LogP contribution in [-0.4, -0.2) is 46.3 Å². The van der Waals surface area contributed by atoms with Crippen molar-refractivity contribution in [1.82, 2.24) is 19.9 Å². The van der Waals surface area contributed by atoms with Crippen molar-refractivity contribution < 1.29 is 22.7 Å². The Hall–Kier alpha value is -4.45. The molecule has 0 aliphatic carbocycles. The second-order valence-corrected chi connectivity index (χ2v) is 9.55. The van der Waals surface area contributed by atoms with Crippen molar-refractivity contribution in [1.29, 1.82) is 0 Å². The molecule has 0 radical (unpaired) electrons. The van der Waals surface area contributed by atoms with E-state index >= 15 is 0 Å². The van der Waals surface area contributed by atoms with Crippen molar-refractivity contribution >= 4 is 44.6 Å². The molecule has 4 rings (SSSR count).